The Balaban J connectivity index is 1.22. The third-order valence-electron chi connectivity index (χ3n) is 10.9. The smallest absolute Gasteiger partial charge is 0.238 e. The Bertz CT molecular complexity index is 3060. The number of rotatable bonds is 3. The molecule has 3 heterocycles. The molecule has 240 valence electrons. The van der Waals surface area contributed by atoms with Crippen molar-refractivity contribution in [1.29, 1.82) is 0 Å². The number of fused-ring (bicyclic) bond motifs is 11. The Morgan fingerprint density at radius 2 is 1.24 bits per heavy atom. The molecule has 0 amide bonds. The minimum atomic E-state index is -0.151. The normalized spacial score (nSPS) is 13.5. The Hall–Kier alpha value is -6.59. The molecule has 5 nitrogen and oxygen atoms in total. The van der Waals surface area contributed by atoms with Gasteiger partial charge in [-0.25, -0.2) is 4.98 Å². The van der Waals surface area contributed by atoms with Crippen molar-refractivity contribution in [3.8, 4) is 39.9 Å². The van der Waals surface area contributed by atoms with E-state index in [1.165, 1.54) is 33.0 Å². The van der Waals surface area contributed by atoms with Gasteiger partial charge in [-0.05, 0) is 63.4 Å². The molecular weight excluding hydrogens is 625 g/mol. The number of aromatic nitrogens is 4. The summed E-state index contributed by atoms with van der Waals surface area (Å²) in [5.41, 5.74) is 10.6. The monoisotopic (exact) mass is 654 g/mol. The molecule has 0 saturated carbocycles. The van der Waals surface area contributed by atoms with Crippen molar-refractivity contribution >= 4 is 54.5 Å². The zero-order valence-corrected chi connectivity index (χ0v) is 28.1. The first-order valence-electron chi connectivity index (χ1n) is 17.4. The molecule has 3 aromatic heterocycles. The predicted octanol–water partition coefficient (Wildman–Crippen LogP) is 11.7. The van der Waals surface area contributed by atoms with Crippen molar-refractivity contribution in [2.75, 3.05) is 0 Å². The van der Waals surface area contributed by atoms with Gasteiger partial charge in [0.2, 0.25) is 5.95 Å². The van der Waals surface area contributed by atoms with Gasteiger partial charge in [-0.1, -0.05) is 129 Å². The molecule has 0 N–H and O–H groups in total. The Morgan fingerprint density at radius 1 is 0.510 bits per heavy atom. The van der Waals surface area contributed by atoms with E-state index in [4.69, 9.17) is 19.4 Å². The number of hydrogen-bond donors (Lipinski definition) is 0. The number of furan rings is 1. The highest BCUT2D eigenvalue weighted by atomic mass is 16.3. The molecule has 0 fully saturated rings. The fourth-order valence-electron chi connectivity index (χ4n) is 8.42. The van der Waals surface area contributed by atoms with Crippen LogP contribution in [0, 0.1) is 0 Å². The summed E-state index contributed by atoms with van der Waals surface area (Å²) in [4.78, 5) is 15.7. The third kappa shape index (κ3) is 3.94. The predicted molar refractivity (Wildman–Crippen MR) is 207 cm³/mol. The summed E-state index contributed by atoms with van der Waals surface area (Å²) >= 11 is 0. The summed E-state index contributed by atoms with van der Waals surface area (Å²) < 4.78 is 8.88. The highest BCUT2D eigenvalue weighted by Gasteiger charge is 2.36. The molecule has 0 aliphatic heterocycles. The number of hydrogen-bond acceptors (Lipinski definition) is 4. The van der Waals surface area contributed by atoms with Gasteiger partial charge in [-0.15, -0.1) is 0 Å². The van der Waals surface area contributed by atoms with E-state index < -0.39 is 0 Å². The van der Waals surface area contributed by atoms with Crippen LogP contribution in [0.25, 0.3) is 94.4 Å². The summed E-state index contributed by atoms with van der Waals surface area (Å²) in [6, 6.07) is 51.1. The minimum Gasteiger partial charge on any atom is -0.455 e. The van der Waals surface area contributed by atoms with Gasteiger partial charge in [0, 0.05) is 32.5 Å². The standard InChI is InChI=1S/C46H30N4O/c1-46(2)36-21-10-8-17-30(36)34-25-35-31-18-9-11-22-38(31)50(39(35)26-37(34)46)45-48-43(28-14-4-3-5-15-28)47-44(49-45)33-20-12-19-32-41-29-16-7-6-13-27(29)23-24-40(41)51-42(32)33/h3-26H,1-2H3. The van der Waals surface area contributed by atoms with E-state index in [9.17, 15) is 0 Å². The second-order valence-corrected chi connectivity index (χ2v) is 14.0. The van der Waals surface area contributed by atoms with Crippen LogP contribution in [0.15, 0.2) is 150 Å². The van der Waals surface area contributed by atoms with Gasteiger partial charge < -0.3 is 4.42 Å². The first-order chi connectivity index (χ1) is 25.0. The van der Waals surface area contributed by atoms with Crippen LogP contribution in [-0.4, -0.2) is 19.5 Å². The first kappa shape index (κ1) is 28.3. The van der Waals surface area contributed by atoms with Gasteiger partial charge in [0.05, 0.1) is 16.6 Å². The lowest BCUT2D eigenvalue weighted by Crippen LogP contribution is -2.15. The van der Waals surface area contributed by atoms with Gasteiger partial charge >= 0.3 is 0 Å². The molecule has 0 unspecified atom stereocenters. The molecule has 1 aliphatic rings. The van der Waals surface area contributed by atoms with Crippen LogP contribution in [0.5, 0.6) is 0 Å². The minimum absolute atomic E-state index is 0.151. The van der Waals surface area contributed by atoms with Gasteiger partial charge in [0.25, 0.3) is 0 Å². The average Bonchev–Trinajstić information content (AvgIpc) is 3.80. The van der Waals surface area contributed by atoms with Crippen LogP contribution in [0.2, 0.25) is 0 Å². The highest BCUT2D eigenvalue weighted by Crippen LogP contribution is 2.51. The molecule has 0 spiro atoms. The highest BCUT2D eigenvalue weighted by molar-refractivity contribution is 6.20. The molecule has 0 bridgehead atoms. The second kappa shape index (κ2) is 10.2. The molecule has 7 aromatic carbocycles. The van der Waals surface area contributed by atoms with Crippen molar-refractivity contribution in [2.24, 2.45) is 0 Å². The molecular formula is C46H30N4O. The van der Waals surface area contributed by atoms with Crippen molar-refractivity contribution in [2.45, 2.75) is 19.3 Å². The molecule has 0 radical (unpaired) electrons. The van der Waals surface area contributed by atoms with Gasteiger partial charge in [-0.2, -0.15) is 9.97 Å². The van der Waals surface area contributed by atoms with Crippen LogP contribution in [0.3, 0.4) is 0 Å². The van der Waals surface area contributed by atoms with E-state index in [1.807, 2.05) is 18.2 Å². The van der Waals surface area contributed by atoms with Gasteiger partial charge in [0.15, 0.2) is 11.6 Å². The summed E-state index contributed by atoms with van der Waals surface area (Å²) in [6.45, 7) is 4.64. The topological polar surface area (TPSA) is 56.7 Å². The summed E-state index contributed by atoms with van der Waals surface area (Å²) in [5, 5.41) is 6.81. The van der Waals surface area contributed by atoms with Crippen LogP contribution < -0.4 is 0 Å². The van der Waals surface area contributed by atoms with E-state index in [0.717, 1.165) is 54.9 Å². The Kier molecular flexibility index (Phi) is 5.66. The van der Waals surface area contributed by atoms with Crippen molar-refractivity contribution in [1.82, 2.24) is 19.5 Å². The van der Waals surface area contributed by atoms with E-state index >= 15 is 0 Å². The molecule has 1 aliphatic carbocycles. The van der Waals surface area contributed by atoms with Gasteiger partial charge in [0.1, 0.15) is 11.2 Å². The fourth-order valence-corrected chi connectivity index (χ4v) is 8.42. The van der Waals surface area contributed by atoms with Crippen molar-refractivity contribution in [3.63, 3.8) is 0 Å². The number of benzene rings is 7. The number of nitrogens with zero attached hydrogens (tertiary/aromatic N) is 4. The van der Waals surface area contributed by atoms with Crippen LogP contribution in [0.1, 0.15) is 25.0 Å². The zero-order chi connectivity index (χ0) is 33.8. The quantitative estimate of drug-likeness (QED) is 0.190. The molecule has 0 atom stereocenters. The molecule has 10 aromatic rings. The van der Waals surface area contributed by atoms with E-state index in [2.05, 4.69) is 146 Å². The lowest BCUT2D eigenvalue weighted by molar-refractivity contribution is 0.661. The SMILES string of the molecule is CC1(C)c2ccccc2-c2cc3c4ccccc4n(-c4nc(-c5ccccc5)nc(-c5cccc6c5oc5ccc7ccccc7c56)n4)c3cc21. The first-order valence-corrected chi connectivity index (χ1v) is 17.4. The maximum absolute atomic E-state index is 6.66. The Labute approximate surface area is 293 Å². The summed E-state index contributed by atoms with van der Waals surface area (Å²) in [7, 11) is 0. The lowest BCUT2D eigenvalue weighted by Gasteiger charge is -2.21. The van der Waals surface area contributed by atoms with E-state index in [-0.39, 0.29) is 5.41 Å². The lowest BCUT2D eigenvalue weighted by atomic mass is 9.82. The zero-order valence-electron chi connectivity index (χ0n) is 28.1. The maximum Gasteiger partial charge on any atom is 0.238 e. The summed E-state index contributed by atoms with van der Waals surface area (Å²) in [6.07, 6.45) is 0. The summed E-state index contributed by atoms with van der Waals surface area (Å²) in [5.74, 6) is 1.73. The van der Waals surface area contributed by atoms with Crippen LogP contribution in [0.4, 0.5) is 0 Å². The van der Waals surface area contributed by atoms with Crippen LogP contribution in [-0.2, 0) is 5.41 Å². The molecule has 0 saturated heterocycles. The molecule has 51 heavy (non-hydrogen) atoms. The van der Waals surface area contributed by atoms with Crippen molar-refractivity contribution in [3.05, 3.63) is 157 Å². The van der Waals surface area contributed by atoms with Crippen LogP contribution >= 0.6 is 0 Å². The number of para-hydroxylation sites is 2. The van der Waals surface area contributed by atoms with Crippen molar-refractivity contribution < 1.29 is 4.42 Å². The van der Waals surface area contributed by atoms with E-state index in [0.29, 0.717) is 17.6 Å². The molecule has 11 rings (SSSR count). The third-order valence-corrected chi connectivity index (χ3v) is 10.9. The van der Waals surface area contributed by atoms with E-state index in [1.54, 1.807) is 0 Å². The fraction of sp³-hybridized carbons (Fsp3) is 0.0652. The average molecular weight is 655 g/mol. The van der Waals surface area contributed by atoms with Gasteiger partial charge in [-0.3, -0.25) is 4.57 Å². The largest absolute Gasteiger partial charge is 0.455 e. The second-order valence-electron chi connectivity index (χ2n) is 14.0. The molecule has 5 heteroatoms. The Morgan fingerprint density at radius 3 is 2.14 bits per heavy atom. The maximum atomic E-state index is 6.66.